The molecule has 6 heteroatoms. The number of carbonyl (C=O) groups is 1. The van der Waals surface area contributed by atoms with Crippen LogP contribution in [-0.4, -0.2) is 43.8 Å². The number of carbonyl (C=O) groups excluding carboxylic acids is 1. The van der Waals surface area contributed by atoms with Gasteiger partial charge < -0.3 is 25.7 Å². The lowest BCUT2D eigenvalue weighted by molar-refractivity contribution is 0.0636. The number of nitrogens with one attached hydrogen (secondary N) is 1. The van der Waals surface area contributed by atoms with E-state index in [-0.39, 0.29) is 11.3 Å². The molecule has 2 saturated heterocycles. The standard InChI is InChI=1S/C30H32N4O2/c1-21-30(12-15-33(16-13-30)29(35)22-8-10-27(36-2)11-9-22)14-17-34(21)26-5-3-4-23(18-26)24-6-7-25(20-31)28(32)19-24/h3-11,18-20,31H,1,12-17,32H2,2H3. The number of rotatable bonds is 5. The zero-order valence-corrected chi connectivity index (χ0v) is 20.7. The lowest BCUT2D eigenvalue weighted by Gasteiger charge is -2.40. The molecule has 1 amide bonds. The van der Waals surface area contributed by atoms with Crippen molar-refractivity contribution in [3.05, 3.63) is 90.1 Å². The van der Waals surface area contributed by atoms with Crippen LogP contribution < -0.4 is 15.4 Å². The van der Waals surface area contributed by atoms with Crippen molar-refractivity contribution in [3.8, 4) is 16.9 Å². The van der Waals surface area contributed by atoms with Gasteiger partial charge in [0, 0.05) is 59.5 Å². The first-order chi connectivity index (χ1) is 17.4. The first-order valence-electron chi connectivity index (χ1n) is 12.3. The Morgan fingerprint density at radius 3 is 2.36 bits per heavy atom. The van der Waals surface area contributed by atoms with Gasteiger partial charge in [-0.05, 0) is 72.9 Å². The fraction of sp³-hybridized carbons (Fsp3) is 0.267. The Hall–Kier alpha value is -4.06. The summed E-state index contributed by atoms with van der Waals surface area (Å²) in [5.41, 5.74) is 12.6. The molecule has 5 rings (SSSR count). The van der Waals surface area contributed by atoms with E-state index in [0.717, 1.165) is 72.7 Å². The van der Waals surface area contributed by atoms with Gasteiger partial charge in [-0.1, -0.05) is 30.8 Å². The Kier molecular flexibility index (Phi) is 6.27. The van der Waals surface area contributed by atoms with Crippen LogP contribution in [-0.2, 0) is 0 Å². The Labute approximate surface area is 212 Å². The quantitative estimate of drug-likeness (QED) is 0.368. The summed E-state index contributed by atoms with van der Waals surface area (Å²) < 4.78 is 5.21. The van der Waals surface area contributed by atoms with E-state index in [1.165, 1.54) is 6.21 Å². The van der Waals surface area contributed by atoms with Gasteiger partial charge in [0.2, 0.25) is 0 Å². The molecule has 2 aliphatic rings. The van der Waals surface area contributed by atoms with Gasteiger partial charge in [0.1, 0.15) is 5.75 Å². The fourth-order valence-electron chi connectivity index (χ4n) is 5.51. The number of nitrogens with zero attached hydrogens (tertiary/aromatic N) is 2. The molecule has 0 aromatic heterocycles. The van der Waals surface area contributed by atoms with Crippen molar-refractivity contribution in [2.45, 2.75) is 19.3 Å². The van der Waals surface area contributed by atoms with Crippen LogP contribution in [0, 0.1) is 10.8 Å². The van der Waals surface area contributed by atoms with Crippen molar-refractivity contribution in [2.75, 3.05) is 37.4 Å². The van der Waals surface area contributed by atoms with Crippen LogP contribution in [0.2, 0.25) is 0 Å². The average Bonchev–Trinajstić information content (AvgIpc) is 3.23. The Bertz CT molecular complexity index is 1310. The number of piperidine rings is 1. The highest BCUT2D eigenvalue weighted by Crippen LogP contribution is 2.49. The van der Waals surface area contributed by atoms with E-state index in [2.05, 4.69) is 35.7 Å². The van der Waals surface area contributed by atoms with Gasteiger partial charge in [-0.15, -0.1) is 0 Å². The minimum atomic E-state index is 0.0305. The number of likely N-dealkylation sites (tertiary alicyclic amines) is 1. The second kappa shape index (κ2) is 9.53. The minimum Gasteiger partial charge on any atom is -0.497 e. The zero-order valence-electron chi connectivity index (χ0n) is 20.7. The number of benzene rings is 3. The lowest BCUT2D eigenvalue weighted by Crippen LogP contribution is -2.43. The first kappa shape index (κ1) is 23.7. The summed E-state index contributed by atoms with van der Waals surface area (Å²) in [5.74, 6) is 0.830. The van der Waals surface area contributed by atoms with Crippen molar-refractivity contribution in [1.82, 2.24) is 4.90 Å². The van der Waals surface area contributed by atoms with E-state index in [9.17, 15) is 4.79 Å². The van der Waals surface area contributed by atoms with Crippen LogP contribution in [0.5, 0.6) is 5.75 Å². The van der Waals surface area contributed by atoms with Crippen LogP contribution in [0.1, 0.15) is 35.2 Å². The summed E-state index contributed by atoms with van der Waals surface area (Å²) in [7, 11) is 1.63. The molecule has 6 nitrogen and oxygen atoms in total. The summed E-state index contributed by atoms with van der Waals surface area (Å²) in [4.78, 5) is 17.3. The van der Waals surface area contributed by atoms with Gasteiger partial charge in [0.25, 0.3) is 5.91 Å². The molecule has 2 aliphatic heterocycles. The van der Waals surface area contributed by atoms with E-state index in [1.54, 1.807) is 7.11 Å². The predicted molar refractivity (Wildman–Crippen MR) is 146 cm³/mol. The molecule has 2 heterocycles. The highest BCUT2D eigenvalue weighted by Gasteiger charge is 2.44. The van der Waals surface area contributed by atoms with Crippen molar-refractivity contribution < 1.29 is 9.53 Å². The minimum absolute atomic E-state index is 0.0305. The molecule has 3 N–H and O–H groups in total. The largest absolute Gasteiger partial charge is 0.497 e. The smallest absolute Gasteiger partial charge is 0.253 e. The molecule has 0 radical (unpaired) electrons. The number of nitrogen functional groups attached to an aromatic ring is 1. The van der Waals surface area contributed by atoms with Crippen molar-refractivity contribution in [2.24, 2.45) is 5.41 Å². The van der Waals surface area contributed by atoms with Gasteiger partial charge in [-0.25, -0.2) is 0 Å². The molecule has 0 saturated carbocycles. The molecule has 3 aromatic rings. The number of allylic oxidation sites excluding steroid dienone is 1. The maximum atomic E-state index is 13.0. The number of anilines is 2. The Morgan fingerprint density at radius 1 is 1.00 bits per heavy atom. The third-order valence-corrected chi connectivity index (χ3v) is 7.83. The third kappa shape index (κ3) is 4.24. The zero-order chi connectivity index (χ0) is 25.3. The van der Waals surface area contributed by atoms with E-state index in [1.807, 2.05) is 47.4 Å². The van der Waals surface area contributed by atoms with Gasteiger partial charge in [-0.2, -0.15) is 0 Å². The highest BCUT2D eigenvalue weighted by atomic mass is 16.5. The summed E-state index contributed by atoms with van der Waals surface area (Å²) in [6.45, 7) is 6.92. The molecule has 0 atom stereocenters. The normalized spacial score (nSPS) is 16.9. The Balaban J connectivity index is 1.28. The van der Waals surface area contributed by atoms with E-state index >= 15 is 0 Å². The summed E-state index contributed by atoms with van der Waals surface area (Å²) in [5, 5.41) is 7.47. The molecule has 36 heavy (non-hydrogen) atoms. The lowest BCUT2D eigenvalue weighted by atomic mass is 9.75. The van der Waals surface area contributed by atoms with Gasteiger partial charge in [0.05, 0.1) is 7.11 Å². The predicted octanol–water partition coefficient (Wildman–Crippen LogP) is 5.59. The SMILES string of the molecule is C=C1N(c2cccc(-c3ccc(C=N)c(N)c3)c2)CCC12CCN(C(=O)c1ccc(OC)cc1)CC2. The molecule has 2 fully saturated rings. The average molecular weight is 481 g/mol. The van der Waals surface area contributed by atoms with Crippen LogP contribution in [0.3, 0.4) is 0 Å². The second-order valence-electron chi connectivity index (χ2n) is 9.69. The molecule has 184 valence electrons. The summed E-state index contributed by atoms with van der Waals surface area (Å²) >= 11 is 0. The van der Waals surface area contributed by atoms with E-state index in [4.69, 9.17) is 15.9 Å². The number of nitrogens with two attached hydrogens (primary N) is 1. The number of ether oxygens (including phenoxy) is 1. The number of methoxy groups -OCH3 is 1. The van der Waals surface area contributed by atoms with Crippen LogP contribution in [0.25, 0.3) is 11.1 Å². The summed E-state index contributed by atoms with van der Waals surface area (Å²) in [6, 6.07) is 21.6. The van der Waals surface area contributed by atoms with Crippen molar-refractivity contribution in [3.63, 3.8) is 0 Å². The summed E-state index contributed by atoms with van der Waals surface area (Å²) in [6.07, 6.45) is 4.16. The third-order valence-electron chi connectivity index (χ3n) is 7.83. The maximum Gasteiger partial charge on any atom is 0.253 e. The Morgan fingerprint density at radius 2 is 1.69 bits per heavy atom. The molecule has 0 bridgehead atoms. The molecular formula is C30H32N4O2. The number of hydrogen-bond acceptors (Lipinski definition) is 5. The molecule has 1 spiro atoms. The van der Waals surface area contributed by atoms with E-state index < -0.39 is 0 Å². The maximum absolute atomic E-state index is 13.0. The highest BCUT2D eigenvalue weighted by molar-refractivity contribution is 5.94. The van der Waals surface area contributed by atoms with Gasteiger partial charge in [0.15, 0.2) is 0 Å². The number of amides is 1. The second-order valence-corrected chi connectivity index (χ2v) is 9.69. The monoisotopic (exact) mass is 480 g/mol. The molecule has 0 aliphatic carbocycles. The topological polar surface area (TPSA) is 82.7 Å². The van der Waals surface area contributed by atoms with Crippen molar-refractivity contribution >= 4 is 23.5 Å². The van der Waals surface area contributed by atoms with Crippen LogP contribution >= 0.6 is 0 Å². The number of hydrogen-bond donors (Lipinski definition) is 2. The van der Waals surface area contributed by atoms with Crippen LogP contribution in [0.15, 0.2) is 79.0 Å². The van der Waals surface area contributed by atoms with Gasteiger partial charge >= 0.3 is 0 Å². The fourth-order valence-corrected chi connectivity index (χ4v) is 5.51. The molecular weight excluding hydrogens is 448 g/mol. The van der Waals surface area contributed by atoms with Crippen molar-refractivity contribution in [1.29, 1.82) is 5.41 Å². The first-order valence-corrected chi connectivity index (χ1v) is 12.3. The van der Waals surface area contributed by atoms with E-state index in [0.29, 0.717) is 11.3 Å². The molecule has 0 unspecified atom stereocenters. The van der Waals surface area contributed by atoms with Gasteiger partial charge in [-0.3, -0.25) is 4.79 Å². The van der Waals surface area contributed by atoms with Crippen LogP contribution in [0.4, 0.5) is 11.4 Å². The molecule has 3 aromatic carbocycles.